The lowest BCUT2D eigenvalue weighted by Gasteiger charge is -1.95. The molecule has 0 aromatic carbocycles. The van der Waals surface area contributed by atoms with Crippen molar-refractivity contribution in [2.24, 2.45) is 5.73 Å². The number of aromatic nitrogens is 1. The molecule has 0 spiro atoms. The summed E-state index contributed by atoms with van der Waals surface area (Å²) >= 11 is 6.98. The molecule has 2 nitrogen and oxygen atoms in total. The van der Waals surface area contributed by atoms with E-state index in [1.165, 1.54) is 11.3 Å². The lowest BCUT2D eigenvalue weighted by Crippen LogP contribution is -2.01. The first-order valence-corrected chi connectivity index (χ1v) is 3.76. The van der Waals surface area contributed by atoms with Gasteiger partial charge in [0, 0.05) is 17.1 Å². The lowest BCUT2D eigenvalue weighted by atomic mass is 10.3. The van der Waals surface area contributed by atoms with Crippen LogP contribution in [0.1, 0.15) is 17.8 Å². The molecule has 1 aromatic rings. The van der Waals surface area contributed by atoms with E-state index >= 15 is 0 Å². The molecule has 1 aromatic heterocycles. The van der Waals surface area contributed by atoms with E-state index < -0.39 is 0 Å². The van der Waals surface area contributed by atoms with Gasteiger partial charge in [0.25, 0.3) is 0 Å². The van der Waals surface area contributed by atoms with E-state index in [1.54, 1.807) is 6.20 Å². The third-order valence-electron chi connectivity index (χ3n) is 0.944. The largest absolute Gasteiger partial charge is 0.323 e. The number of rotatable bonds is 1. The van der Waals surface area contributed by atoms with Crippen LogP contribution in [0.4, 0.5) is 0 Å². The molecule has 4 heteroatoms. The van der Waals surface area contributed by atoms with Gasteiger partial charge in [0.2, 0.25) is 0 Å². The smallest absolute Gasteiger partial charge is 0.183 e. The summed E-state index contributed by atoms with van der Waals surface area (Å²) in [5.74, 6) is 0. The second-order valence-electron chi connectivity index (χ2n) is 1.80. The van der Waals surface area contributed by atoms with Gasteiger partial charge < -0.3 is 5.73 Å². The molecule has 1 heterocycles. The second kappa shape index (κ2) is 2.64. The third kappa shape index (κ3) is 1.64. The molecule has 0 bridgehead atoms. The van der Waals surface area contributed by atoms with Crippen LogP contribution >= 0.6 is 22.9 Å². The van der Waals surface area contributed by atoms with Gasteiger partial charge in [0.1, 0.15) is 0 Å². The van der Waals surface area contributed by atoms with Crippen LogP contribution in [0.15, 0.2) is 6.20 Å². The van der Waals surface area contributed by atoms with Gasteiger partial charge in [0.05, 0.1) is 0 Å². The summed E-state index contributed by atoms with van der Waals surface area (Å²) in [6, 6.07) is 0.0509. The number of hydrogen-bond donors (Lipinski definition) is 1. The molecule has 0 aliphatic rings. The maximum Gasteiger partial charge on any atom is 0.183 e. The fourth-order valence-corrected chi connectivity index (χ4v) is 1.38. The average Bonchev–Trinajstić information content (AvgIpc) is 2.14. The molecule has 50 valence electrons. The van der Waals surface area contributed by atoms with Crippen molar-refractivity contribution in [1.82, 2.24) is 4.98 Å². The van der Waals surface area contributed by atoms with Crippen molar-refractivity contribution in [3.8, 4) is 0 Å². The van der Waals surface area contributed by atoms with Crippen molar-refractivity contribution in [2.75, 3.05) is 0 Å². The lowest BCUT2D eigenvalue weighted by molar-refractivity contribution is 0.835. The quantitative estimate of drug-likeness (QED) is 0.684. The molecule has 0 amide bonds. The summed E-state index contributed by atoms with van der Waals surface area (Å²) in [5, 5.41) is 0. The Balaban J connectivity index is 2.85. The number of nitrogens with zero attached hydrogens (tertiary/aromatic N) is 1. The summed E-state index contributed by atoms with van der Waals surface area (Å²) in [5.41, 5.74) is 5.54. The van der Waals surface area contributed by atoms with Gasteiger partial charge in [-0.3, -0.25) is 0 Å². The maximum absolute atomic E-state index is 5.56. The minimum Gasteiger partial charge on any atom is -0.323 e. The molecule has 1 atom stereocenters. The van der Waals surface area contributed by atoms with Crippen LogP contribution in [0.25, 0.3) is 0 Å². The molecule has 9 heavy (non-hydrogen) atoms. The minimum absolute atomic E-state index is 0.0509. The predicted molar refractivity (Wildman–Crippen MR) is 39.7 cm³/mol. The van der Waals surface area contributed by atoms with Crippen LogP contribution in [0.3, 0.4) is 0 Å². The Kier molecular flexibility index (Phi) is 2.05. The van der Waals surface area contributed by atoms with Gasteiger partial charge in [-0.25, -0.2) is 4.98 Å². The topological polar surface area (TPSA) is 38.9 Å². The second-order valence-corrected chi connectivity index (χ2v) is 3.45. The molecule has 1 rings (SSSR count). The van der Waals surface area contributed by atoms with E-state index in [-0.39, 0.29) is 6.04 Å². The van der Waals surface area contributed by atoms with E-state index in [0.717, 1.165) is 4.88 Å². The summed E-state index contributed by atoms with van der Waals surface area (Å²) in [7, 11) is 0. The number of thiazole rings is 1. The summed E-state index contributed by atoms with van der Waals surface area (Å²) in [6.45, 7) is 1.91. The minimum atomic E-state index is 0.0509. The fourth-order valence-electron chi connectivity index (χ4n) is 0.475. The van der Waals surface area contributed by atoms with Gasteiger partial charge in [-0.05, 0) is 6.92 Å². The Morgan fingerprint density at radius 3 is 2.78 bits per heavy atom. The van der Waals surface area contributed by atoms with Crippen molar-refractivity contribution in [3.63, 3.8) is 0 Å². The summed E-state index contributed by atoms with van der Waals surface area (Å²) in [6.07, 6.45) is 1.71. The van der Waals surface area contributed by atoms with Crippen molar-refractivity contribution in [3.05, 3.63) is 15.5 Å². The monoisotopic (exact) mass is 162 g/mol. The molecule has 0 saturated carbocycles. The van der Waals surface area contributed by atoms with Crippen LogP contribution in [0, 0.1) is 0 Å². The van der Waals surface area contributed by atoms with Gasteiger partial charge in [-0.15, -0.1) is 11.3 Å². The van der Waals surface area contributed by atoms with Crippen molar-refractivity contribution in [1.29, 1.82) is 0 Å². The van der Waals surface area contributed by atoms with Crippen LogP contribution in [0.2, 0.25) is 4.47 Å². The van der Waals surface area contributed by atoms with E-state index in [2.05, 4.69) is 4.98 Å². The van der Waals surface area contributed by atoms with Crippen LogP contribution < -0.4 is 5.73 Å². The summed E-state index contributed by atoms with van der Waals surface area (Å²) in [4.78, 5) is 4.87. The molecular weight excluding hydrogens is 156 g/mol. The zero-order valence-corrected chi connectivity index (χ0v) is 6.54. The predicted octanol–water partition coefficient (Wildman–Crippen LogP) is 1.82. The van der Waals surface area contributed by atoms with Crippen LogP contribution in [-0.4, -0.2) is 4.98 Å². The van der Waals surface area contributed by atoms with Crippen molar-refractivity contribution < 1.29 is 0 Å². The van der Waals surface area contributed by atoms with E-state index in [1.807, 2.05) is 6.92 Å². The Labute approximate surface area is 62.7 Å². The Morgan fingerprint density at radius 1 is 1.89 bits per heavy atom. The summed E-state index contributed by atoms with van der Waals surface area (Å²) < 4.78 is 0.558. The first kappa shape index (κ1) is 6.99. The SMILES string of the molecule is CC(N)c1cnc(Cl)s1. The van der Waals surface area contributed by atoms with E-state index in [0.29, 0.717) is 4.47 Å². The Morgan fingerprint density at radius 2 is 2.56 bits per heavy atom. The van der Waals surface area contributed by atoms with E-state index in [9.17, 15) is 0 Å². The number of hydrogen-bond acceptors (Lipinski definition) is 3. The molecular formula is C5H7ClN2S. The molecule has 0 radical (unpaired) electrons. The molecule has 1 unspecified atom stereocenters. The van der Waals surface area contributed by atoms with Crippen molar-refractivity contribution in [2.45, 2.75) is 13.0 Å². The van der Waals surface area contributed by atoms with Crippen LogP contribution in [-0.2, 0) is 0 Å². The average molecular weight is 163 g/mol. The molecule has 0 aliphatic heterocycles. The first-order chi connectivity index (χ1) is 4.20. The van der Waals surface area contributed by atoms with Crippen molar-refractivity contribution >= 4 is 22.9 Å². The highest BCUT2D eigenvalue weighted by Gasteiger charge is 2.02. The highest BCUT2D eigenvalue weighted by molar-refractivity contribution is 7.15. The number of halogens is 1. The zero-order chi connectivity index (χ0) is 6.85. The van der Waals surface area contributed by atoms with E-state index in [4.69, 9.17) is 17.3 Å². The number of nitrogens with two attached hydrogens (primary N) is 1. The fraction of sp³-hybridized carbons (Fsp3) is 0.400. The highest BCUT2D eigenvalue weighted by Crippen LogP contribution is 2.21. The third-order valence-corrected chi connectivity index (χ3v) is 2.26. The molecule has 0 saturated heterocycles. The molecule has 0 aliphatic carbocycles. The Bertz CT molecular complexity index is 197. The molecule has 2 N–H and O–H groups in total. The molecule has 0 fully saturated rings. The first-order valence-electron chi connectivity index (χ1n) is 2.57. The highest BCUT2D eigenvalue weighted by atomic mass is 35.5. The Hall–Kier alpha value is -0.120. The normalized spacial score (nSPS) is 13.7. The van der Waals surface area contributed by atoms with Gasteiger partial charge in [-0.1, -0.05) is 11.6 Å². The van der Waals surface area contributed by atoms with Gasteiger partial charge in [-0.2, -0.15) is 0 Å². The van der Waals surface area contributed by atoms with Gasteiger partial charge in [0.15, 0.2) is 4.47 Å². The standard InChI is InChI=1S/C5H7ClN2S/c1-3(7)4-2-8-5(6)9-4/h2-3H,7H2,1H3. The maximum atomic E-state index is 5.56. The van der Waals surface area contributed by atoms with Gasteiger partial charge >= 0.3 is 0 Å². The van der Waals surface area contributed by atoms with Crippen LogP contribution in [0.5, 0.6) is 0 Å². The zero-order valence-electron chi connectivity index (χ0n) is 4.97.